The van der Waals surface area contributed by atoms with E-state index < -0.39 is 0 Å². The highest BCUT2D eigenvalue weighted by Gasteiger charge is 2.13. The zero-order valence-corrected chi connectivity index (χ0v) is 16.3. The Kier molecular flexibility index (Phi) is 7.56. The van der Waals surface area contributed by atoms with Crippen LogP contribution in [0.2, 0.25) is 0 Å². The first-order valence-corrected chi connectivity index (χ1v) is 9.17. The topological polar surface area (TPSA) is 99.3 Å². The lowest BCUT2D eigenvalue weighted by Crippen LogP contribution is -2.35. The molecule has 0 bridgehead atoms. The lowest BCUT2D eigenvalue weighted by molar-refractivity contribution is -0.116. The second kappa shape index (κ2) is 10.1. The first kappa shape index (κ1) is 21.0. The van der Waals surface area contributed by atoms with Crippen molar-refractivity contribution in [2.75, 3.05) is 10.6 Å². The van der Waals surface area contributed by atoms with Gasteiger partial charge in [-0.05, 0) is 57.2 Å². The van der Waals surface area contributed by atoms with Crippen LogP contribution in [0.3, 0.4) is 0 Å². The minimum atomic E-state index is -0.312. The molecule has 7 nitrogen and oxygen atoms in total. The number of carbonyl (C=O) groups excluding carboxylic acids is 3. The van der Waals surface area contributed by atoms with Crippen LogP contribution < -0.4 is 21.3 Å². The number of benzene rings is 2. The molecule has 2 rings (SSSR count). The zero-order chi connectivity index (χ0) is 20.5. The fourth-order valence-corrected chi connectivity index (χ4v) is 2.50. The number of carbonyl (C=O) groups is 3. The Morgan fingerprint density at radius 3 is 1.93 bits per heavy atom. The molecule has 1 unspecified atom stereocenters. The Morgan fingerprint density at radius 2 is 1.36 bits per heavy atom. The van der Waals surface area contributed by atoms with E-state index in [1.54, 1.807) is 55.5 Å². The second-order valence-electron chi connectivity index (χ2n) is 6.82. The van der Waals surface area contributed by atoms with E-state index in [1.165, 1.54) is 0 Å². The Balaban J connectivity index is 1.80. The smallest absolute Gasteiger partial charge is 0.319 e. The Bertz CT molecular complexity index is 804. The fraction of sp³-hybridized carbons (Fsp3) is 0.286. The monoisotopic (exact) mass is 382 g/mol. The maximum atomic E-state index is 12.2. The largest absolute Gasteiger partial charge is 0.349 e. The zero-order valence-electron chi connectivity index (χ0n) is 16.3. The number of nitrogens with one attached hydrogen (secondary N) is 4. The van der Waals surface area contributed by atoms with E-state index in [9.17, 15) is 14.4 Å². The number of urea groups is 1. The number of hydrogen-bond acceptors (Lipinski definition) is 3. The molecule has 4 amide bonds. The van der Waals surface area contributed by atoms with Gasteiger partial charge in [0.2, 0.25) is 5.91 Å². The van der Waals surface area contributed by atoms with Gasteiger partial charge < -0.3 is 21.3 Å². The van der Waals surface area contributed by atoms with Gasteiger partial charge in [0.15, 0.2) is 0 Å². The van der Waals surface area contributed by atoms with E-state index >= 15 is 0 Å². The summed E-state index contributed by atoms with van der Waals surface area (Å²) in [6.45, 7) is 5.53. The van der Waals surface area contributed by atoms with Crippen LogP contribution in [0, 0.1) is 0 Å². The molecule has 0 radical (unpaired) electrons. The minimum Gasteiger partial charge on any atom is -0.349 e. The van der Waals surface area contributed by atoms with Crippen LogP contribution in [0.1, 0.15) is 37.6 Å². The van der Waals surface area contributed by atoms with Gasteiger partial charge in [0.05, 0.1) is 0 Å². The molecule has 1 atom stereocenters. The minimum absolute atomic E-state index is 0.0444. The van der Waals surface area contributed by atoms with E-state index in [-0.39, 0.29) is 36.3 Å². The van der Waals surface area contributed by atoms with Gasteiger partial charge in [-0.1, -0.05) is 18.2 Å². The van der Waals surface area contributed by atoms with Gasteiger partial charge in [-0.3, -0.25) is 9.59 Å². The molecule has 0 aromatic heterocycles. The summed E-state index contributed by atoms with van der Waals surface area (Å²) in [4.78, 5) is 36.0. The van der Waals surface area contributed by atoms with Crippen LogP contribution in [-0.4, -0.2) is 29.9 Å². The molecule has 0 saturated carbocycles. The lowest BCUT2D eigenvalue weighted by atomic mass is 10.1. The third-order valence-electron chi connectivity index (χ3n) is 3.75. The summed E-state index contributed by atoms with van der Waals surface area (Å²) in [6.07, 6.45) is 0.148. The summed E-state index contributed by atoms with van der Waals surface area (Å²) in [5, 5.41) is 11.0. The van der Waals surface area contributed by atoms with E-state index in [4.69, 9.17) is 0 Å². The Morgan fingerprint density at radius 1 is 0.786 bits per heavy atom. The average molecular weight is 382 g/mol. The molecule has 4 N–H and O–H groups in total. The molecule has 2 aromatic carbocycles. The molecule has 28 heavy (non-hydrogen) atoms. The van der Waals surface area contributed by atoms with Crippen molar-refractivity contribution in [1.82, 2.24) is 10.6 Å². The quantitative estimate of drug-likeness (QED) is 0.591. The van der Waals surface area contributed by atoms with Crippen molar-refractivity contribution in [3.8, 4) is 0 Å². The van der Waals surface area contributed by atoms with Crippen molar-refractivity contribution in [2.45, 2.75) is 39.3 Å². The molecule has 0 spiro atoms. The van der Waals surface area contributed by atoms with E-state index in [0.717, 1.165) is 0 Å². The van der Waals surface area contributed by atoms with Crippen LogP contribution in [0.25, 0.3) is 0 Å². The first-order valence-electron chi connectivity index (χ1n) is 9.17. The summed E-state index contributed by atoms with van der Waals surface area (Å²) < 4.78 is 0. The van der Waals surface area contributed by atoms with E-state index in [0.29, 0.717) is 16.9 Å². The molecule has 0 aliphatic heterocycles. The standard InChI is InChI=1S/C21H26N4O3/c1-14(2)22-21(28)25-18-11-9-17(10-12-18)24-19(26)13-15(3)23-20(27)16-7-5-4-6-8-16/h4-12,14-15H,13H2,1-3H3,(H,23,27)(H,24,26)(H2,22,25,28). The molecular weight excluding hydrogens is 356 g/mol. The van der Waals surface area contributed by atoms with Crippen LogP contribution >= 0.6 is 0 Å². The van der Waals surface area contributed by atoms with Crippen LogP contribution in [0.4, 0.5) is 16.2 Å². The maximum absolute atomic E-state index is 12.2. The molecular formula is C21H26N4O3. The van der Waals surface area contributed by atoms with Crippen molar-refractivity contribution < 1.29 is 14.4 Å². The third-order valence-corrected chi connectivity index (χ3v) is 3.75. The number of hydrogen-bond donors (Lipinski definition) is 4. The molecule has 7 heteroatoms. The molecule has 0 saturated heterocycles. The van der Waals surface area contributed by atoms with Crippen molar-refractivity contribution in [3.05, 3.63) is 60.2 Å². The summed E-state index contributed by atoms with van der Waals surface area (Å²) in [6, 6.07) is 15.1. The number of amides is 4. The van der Waals surface area contributed by atoms with Gasteiger partial charge in [0.1, 0.15) is 0 Å². The SMILES string of the molecule is CC(C)NC(=O)Nc1ccc(NC(=O)CC(C)NC(=O)c2ccccc2)cc1. The predicted octanol–water partition coefficient (Wildman–Crippen LogP) is 3.36. The lowest BCUT2D eigenvalue weighted by Gasteiger charge is -2.14. The van der Waals surface area contributed by atoms with Gasteiger partial charge in [0.25, 0.3) is 5.91 Å². The van der Waals surface area contributed by atoms with Crippen LogP contribution in [0.5, 0.6) is 0 Å². The van der Waals surface area contributed by atoms with Crippen LogP contribution in [-0.2, 0) is 4.79 Å². The van der Waals surface area contributed by atoms with Crippen molar-refractivity contribution in [3.63, 3.8) is 0 Å². The van der Waals surface area contributed by atoms with Gasteiger partial charge in [-0.15, -0.1) is 0 Å². The number of anilines is 2. The Labute approximate surface area is 164 Å². The maximum Gasteiger partial charge on any atom is 0.319 e. The van der Waals surface area contributed by atoms with Gasteiger partial charge in [-0.2, -0.15) is 0 Å². The molecule has 0 aliphatic carbocycles. The molecule has 148 valence electrons. The predicted molar refractivity (Wildman–Crippen MR) is 110 cm³/mol. The summed E-state index contributed by atoms with van der Waals surface area (Å²) in [5.41, 5.74) is 1.79. The normalized spacial score (nSPS) is 11.4. The van der Waals surface area contributed by atoms with Crippen LogP contribution in [0.15, 0.2) is 54.6 Å². The Hall–Kier alpha value is -3.35. The molecule has 2 aromatic rings. The highest BCUT2D eigenvalue weighted by molar-refractivity contribution is 5.96. The molecule has 0 fully saturated rings. The number of rotatable bonds is 7. The van der Waals surface area contributed by atoms with Crippen molar-refractivity contribution >= 4 is 29.2 Å². The highest BCUT2D eigenvalue weighted by atomic mass is 16.2. The van der Waals surface area contributed by atoms with Gasteiger partial charge >= 0.3 is 6.03 Å². The first-order chi connectivity index (χ1) is 13.3. The fourth-order valence-electron chi connectivity index (χ4n) is 2.50. The highest BCUT2D eigenvalue weighted by Crippen LogP contribution is 2.14. The van der Waals surface area contributed by atoms with E-state index in [1.807, 2.05) is 19.9 Å². The van der Waals surface area contributed by atoms with E-state index in [2.05, 4.69) is 21.3 Å². The van der Waals surface area contributed by atoms with Gasteiger partial charge in [0, 0.05) is 35.4 Å². The summed E-state index contributed by atoms with van der Waals surface area (Å²) >= 11 is 0. The van der Waals surface area contributed by atoms with Gasteiger partial charge in [-0.25, -0.2) is 4.79 Å². The molecule has 0 heterocycles. The summed E-state index contributed by atoms with van der Waals surface area (Å²) in [5.74, 6) is -0.421. The van der Waals surface area contributed by atoms with Crippen molar-refractivity contribution in [1.29, 1.82) is 0 Å². The average Bonchev–Trinajstić information content (AvgIpc) is 2.63. The molecule has 0 aliphatic rings. The summed E-state index contributed by atoms with van der Waals surface area (Å²) in [7, 11) is 0. The van der Waals surface area contributed by atoms with Crippen molar-refractivity contribution in [2.24, 2.45) is 0 Å². The third kappa shape index (κ3) is 7.11. The second-order valence-corrected chi connectivity index (χ2v) is 6.82.